The first kappa shape index (κ1) is 15.8. The predicted molar refractivity (Wildman–Crippen MR) is 75.2 cm³/mol. The normalized spacial score (nSPS) is 9.14. The summed E-state index contributed by atoms with van der Waals surface area (Å²) in [4.78, 5) is 30.9. The fraction of sp³-hybridized carbons (Fsp3) is 0. The van der Waals surface area contributed by atoms with E-state index in [0.29, 0.717) is 11.1 Å². The van der Waals surface area contributed by atoms with Crippen molar-refractivity contribution in [2.75, 3.05) is 0 Å². The largest absolute Gasteiger partial charge is 0.465 e. The number of carboxylic acid groups (broad SMARTS) is 1. The summed E-state index contributed by atoms with van der Waals surface area (Å²) in [6, 6.07) is 14.4. The number of amides is 1. The first-order chi connectivity index (χ1) is 9.91. The molecule has 0 atom stereocenters. The van der Waals surface area contributed by atoms with Crippen molar-refractivity contribution < 1.29 is 19.6 Å². The Morgan fingerprint density at radius 3 is 2.05 bits per heavy atom. The Kier molecular flexibility index (Phi) is 5.57. The highest BCUT2D eigenvalue weighted by Crippen LogP contribution is 2.16. The average molecular weight is 288 g/mol. The Balaban J connectivity index is 0.000000491. The lowest BCUT2D eigenvalue weighted by Crippen LogP contribution is -2.03. The van der Waals surface area contributed by atoms with Crippen molar-refractivity contribution in [1.82, 2.24) is 0 Å². The smallest absolute Gasteiger partial charge is 0.402 e. The first-order valence-electron chi connectivity index (χ1n) is 5.74. The zero-order valence-corrected chi connectivity index (χ0v) is 10.8. The topological polar surface area (TPSA) is 124 Å². The van der Waals surface area contributed by atoms with Crippen LogP contribution in [0.5, 0.6) is 0 Å². The summed E-state index contributed by atoms with van der Waals surface area (Å²) in [6.07, 6.45) is -1.33. The number of ketones is 1. The highest BCUT2D eigenvalue weighted by atomic mass is 16.6. The van der Waals surface area contributed by atoms with Gasteiger partial charge in [0.05, 0.1) is 4.92 Å². The van der Waals surface area contributed by atoms with Crippen LogP contribution in [0.3, 0.4) is 0 Å². The van der Waals surface area contributed by atoms with Crippen LogP contribution < -0.4 is 5.73 Å². The van der Waals surface area contributed by atoms with Gasteiger partial charge < -0.3 is 10.8 Å². The van der Waals surface area contributed by atoms with Crippen LogP contribution in [-0.4, -0.2) is 21.9 Å². The van der Waals surface area contributed by atoms with Crippen LogP contribution >= 0.6 is 0 Å². The van der Waals surface area contributed by atoms with Gasteiger partial charge in [-0.25, -0.2) is 4.79 Å². The molecule has 0 heterocycles. The van der Waals surface area contributed by atoms with Crippen LogP contribution in [0.25, 0.3) is 0 Å². The third-order valence-corrected chi connectivity index (χ3v) is 2.36. The molecule has 0 saturated heterocycles. The van der Waals surface area contributed by atoms with Gasteiger partial charge in [-0.15, -0.1) is 0 Å². The van der Waals surface area contributed by atoms with Gasteiger partial charge in [0.25, 0.3) is 5.69 Å². The standard InChI is InChI=1S/C13H9NO3.CH3NO2/c15-13(10-5-2-1-3-6-10)11-7-4-8-12(9-11)14(16)17;2-1(3)4/h1-9H;2H2,(H,3,4). The summed E-state index contributed by atoms with van der Waals surface area (Å²) in [7, 11) is 0. The van der Waals surface area contributed by atoms with Crippen LogP contribution in [0.2, 0.25) is 0 Å². The molecular weight excluding hydrogens is 276 g/mol. The molecule has 3 N–H and O–H groups in total. The van der Waals surface area contributed by atoms with Crippen LogP contribution in [0.1, 0.15) is 15.9 Å². The van der Waals surface area contributed by atoms with E-state index in [1.54, 1.807) is 30.3 Å². The molecule has 0 aliphatic rings. The second kappa shape index (κ2) is 7.39. The van der Waals surface area contributed by atoms with E-state index in [2.05, 4.69) is 5.73 Å². The van der Waals surface area contributed by atoms with E-state index in [1.807, 2.05) is 6.07 Å². The van der Waals surface area contributed by atoms with Crippen molar-refractivity contribution in [2.24, 2.45) is 5.73 Å². The number of rotatable bonds is 3. The van der Waals surface area contributed by atoms with Gasteiger partial charge in [-0.05, 0) is 0 Å². The number of non-ortho nitro benzene ring substituents is 1. The Morgan fingerprint density at radius 1 is 1.00 bits per heavy atom. The van der Waals surface area contributed by atoms with E-state index >= 15 is 0 Å². The second-order valence-corrected chi connectivity index (χ2v) is 3.84. The average Bonchev–Trinajstić information content (AvgIpc) is 2.47. The maximum absolute atomic E-state index is 12.0. The molecule has 7 heteroatoms. The third kappa shape index (κ3) is 5.11. The molecule has 0 aliphatic carbocycles. The molecule has 0 unspecified atom stereocenters. The molecule has 0 spiro atoms. The summed E-state index contributed by atoms with van der Waals surface area (Å²) < 4.78 is 0. The van der Waals surface area contributed by atoms with Crippen molar-refractivity contribution in [3.8, 4) is 0 Å². The van der Waals surface area contributed by atoms with Gasteiger partial charge in [-0.3, -0.25) is 14.9 Å². The number of carbonyl (C=O) groups is 2. The molecule has 0 saturated carbocycles. The Bertz CT molecular complexity index is 651. The number of hydrogen-bond acceptors (Lipinski definition) is 4. The molecule has 2 aromatic rings. The summed E-state index contributed by atoms with van der Waals surface area (Å²) in [5.41, 5.74) is 4.80. The van der Waals surface area contributed by atoms with Gasteiger partial charge in [0.15, 0.2) is 5.78 Å². The fourth-order valence-corrected chi connectivity index (χ4v) is 1.52. The highest BCUT2D eigenvalue weighted by Gasteiger charge is 2.12. The van der Waals surface area contributed by atoms with Gasteiger partial charge in [0.1, 0.15) is 0 Å². The van der Waals surface area contributed by atoms with Crippen molar-refractivity contribution in [3.05, 3.63) is 75.8 Å². The molecule has 0 aliphatic heterocycles. The minimum absolute atomic E-state index is 0.0771. The molecule has 7 nitrogen and oxygen atoms in total. The lowest BCUT2D eigenvalue weighted by Gasteiger charge is -2.00. The van der Waals surface area contributed by atoms with E-state index in [9.17, 15) is 14.9 Å². The zero-order chi connectivity index (χ0) is 15.8. The molecule has 1 amide bonds. The van der Waals surface area contributed by atoms with Crippen molar-refractivity contribution in [1.29, 1.82) is 0 Å². The van der Waals surface area contributed by atoms with E-state index in [-0.39, 0.29) is 11.5 Å². The third-order valence-electron chi connectivity index (χ3n) is 2.36. The quantitative estimate of drug-likeness (QED) is 0.510. The van der Waals surface area contributed by atoms with Gasteiger partial charge >= 0.3 is 6.09 Å². The molecule has 0 bridgehead atoms. The number of carbonyl (C=O) groups excluding carboxylic acids is 1. The van der Waals surface area contributed by atoms with E-state index < -0.39 is 11.0 Å². The molecule has 0 radical (unpaired) electrons. The van der Waals surface area contributed by atoms with Crippen LogP contribution in [0, 0.1) is 10.1 Å². The van der Waals surface area contributed by atoms with E-state index in [4.69, 9.17) is 9.90 Å². The van der Waals surface area contributed by atoms with Crippen LogP contribution in [0.15, 0.2) is 54.6 Å². The molecule has 0 fully saturated rings. The number of primary amides is 1. The van der Waals surface area contributed by atoms with Crippen molar-refractivity contribution in [3.63, 3.8) is 0 Å². The van der Waals surface area contributed by atoms with E-state index in [1.165, 1.54) is 18.2 Å². The molecule has 2 aromatic carbocycles. The number of nitro benzene ring substituents is 1. The minimum Gasteiger partial charge on any atom is -0.465 e. The fourth-order valence-electron chi connectivity index (χ4n) is 1.52. The van der Waals surface area contributed by atoms with Crippen molar-refractivity contribution >= 4 is 17.6 Å². The minimum atomic E-state index is -1.33. The monoisotopic (exact) mass is 288 g/mol. The van der Waals surface area contributed by atoms with Gasteiger partial charge in [-0.1, -0.05) is 42.5 Å². The van der Waals surface area contributed by atoms with Gasteiger partial charge in [0, 0.05) is 23.3 Å². The Hall–Kier alpha value is -3.22. The zero-order valence-electron chi connectivity index (χ0n) is 10.8. The molecular formula is C14H12N2O5. The summed E-state index contributed by atoms with van der Waals surface area (Å²) in [5.74, 6) is -0.214. The van der Waals surface area contributed by atoms with Crippen LogP contribution in [0.4, 0.5) is 10.5 Å². The lowest BCUT2D eigenvalue weighted by molar-refractivity contribution is -0.384. The number of nitrogens with two attached hydrogens (primary N) is 1. The van der Waals surface area contributed by atoms with E-state index in [0.717, 1.165) is 0 Å². The summed E-state index contributed by atoms with van der Waals surface area (Å²) >= 11 is 0. The SMILES string of the molecule is NC(=O)O.O=C(c1ccccc1)c1cccc([N+](=O)[O-])c1. The number of benzene rings is 2. The summed E-state index contributed by atoms with van der Waals surface area (Å²) in [5, 5.41) is 17.8. The molecule has 108 valence electrons. The summed E-state index contributed by atoms with van der Waals surface area (Å²) in [6.45, 7) is 0. The Labute approximate surface area is 119 Å². The van der Waals surface area contributed by atoms with Crippen LogP contribution in [-0.2, 0) is 0 Å². The second-order valence-electron chi connectivity index (χ2n) is 3.84. The maximum atomic E-state index is 12.0. The predicted octanol–water partition coefficient (Wildman–Crippen LogP) is 2.45. The van der Waals surface area contributed by atoms with Gasteiger partial charge in [0.2, 0.25) is 0 Å². The molecule has 21 heavy (non-hydrogen) atoms. The highest BCUT2D eigenvalue weighted by molar-refractivity contribution is 6.09. The first-order valence-corrected chi connectivity index (χ1v) is 5.74. The molecule has 2 rings (SSSR count). The molecule has 0 aromatic heterocycles. The Morgan fingerprint density at radius 2 is 1.52 bits per heavy atom. The van der Waals surface area contributed by atoms with Gasteiger partial charge in [-0.2, -0.15) is 0 Å². The lowest BCUT2D eigenvalue weighted by atomic mass is 10.0. The maximum Gasteiger partial charge on any atom is 0.402 e. The number of nitro groups is 1. The number of hydrogen-bond donors (Lipinski definition) is 2. The number of nitrogens with zero attached hydrogens (tertiary/aromatic N) is 1. The van der Waals surface area contributed by atoms with Crippen molar-refractivity contribution in [2.45, 2.75) is 0 Å².